The van der Waals surface area contributed by atoms with Crippen LogP contribution in [-0.2, 0) is 16.6 Å². The molecular weight excluding hydrogens is 272 g/mol. The van der Waals surface area contributed by atoms with Crippen molar-refractivity contribution in [1.29, 1.82) is 0 Å². The number of hydrogen-bond donors (Lipinski definition) is 2. The highest BCUT2D eigenvalue weighted by Crippen LogP contribution is 2.44. The number of rotatable bonds is 8. The molecule has 1 aromatic rings. The van der Waals surface area contributed by atoms with Crippen LogP contribution < -0.4 is 10.0 Å². The first-order valence-electron chi connectivity index (χ1n) is 7.24. The molecule has 0 radical (unpaired) electrons. The molecule has 0 atom stereocenters. The largest absolute Gasteiger partial charge is 0.313 e. The minimum Gasteiger partial charge on any atom is -0.313 e. The van der Waals surface area contributed by atoms with Gasteiger partial charge in [0.15, 0.2) is 0 Å². The summed E-state index contributed by atoms with van der Waals surface area (Å²) in [6.45, 7) is 6.40. The second kappa shape index (κ2) is 6.24. The van der Waals surface area contributed by atoms with Crippen LogP contribution in [0.4, 0.5) is 0 Å². The van der Waals surface area contributed by atoms with Crippen LogP contribution in [0.2, 0.25) is 0 Å². The van der Waals surface area contributed by atoms with Gasteiger partial charge in [0.1, 0.15) is 0 Å². The number of hydrogen-bond acceptors (Lipinski definition) is 3. The van der Waals surface area contributed by atoms with Gasteiger partial charge in [0.05, 0.1) is 4.90 Å². The van der Waals surface area contributed by atoms with Crippen LogP contribution >= 0.6 is 0 Å². The van der Waals surface area contributed by atoms with Gasteiger partial charge in [0.2, 0.25) is 10.0 Å². The predicted molar refractivity (Wildman–Crippen MR) is 81.0 cm³/mol. The minimum absolute atomic E-state index is 0.174. The van der Waals surface area contributed by atoms with Crippen molar-refractivity contribution in [2.75, 3.05) is 13.1 Å². The summed E-state index contributed by atoms with van der Waals surface area (Å²) in [5.41, 5.74) is 1.17. The molecule has 0 aromatic heterocycles. The molecule has 0 heterocycles. The normalized spacial score (nSPS) is 17.1. The second-order valence-corrected chi connectivity index (χ2v) is 7.73. The third-order valence-corrected chi connectivity index (χ3v) is 5.16. The lowest BCUT2D eigenvalue weighted by molar-refractivity contribution is 0.530. The average molecular weight is 296 g/mol. The lowest BCUT2D eigenvalue weighted by atomic mass is 10.2. The highest BCUT2D eigenvalue weighted by molar-refractivity contribution is 7.89. The van der Waals surface area contributed by atoms with E-state index in [4.69, 9.17) is 0 Å². The van der Waals surface area contributed by atoms with E-state index in [-0.39, 0.29) is 5.41 Å². The van der Waals surface area contributed by atoms with Gasteiger partial charge >= 0.3 is 0 Å². The van der Waals surface area contributed by atoms with Crippen molar-refractivity contribution < 1.29 is 8.42 Å². The Labute approximate surface area is 122 Å². The van der Waals surface area contributed by atoms with E-state index in [0.29, 0.717) is 18.0 Å². The van der Waals surface area contributed by atoms with Gasteiger partial charge in [-0.1, -0.05) is 26.0 Å². The van der Waals surface area contributed by atoms with Crippen LogP contribution in [0, 0.1) is 5.41 Å². The Morgan fingerprint density at radius 1 is 1.30 bits per heavy atom. The first kappa shape index (κ1) is 15.5. The molecule has 0 unspecified atom stereocenters. The summed E-state index contributed by atoms with van der Waals surface area (Å²) in [7, 11) is -3.38. The van der Waals surface area contributed by atoms with Crippen molar-refractivity contribution in [1.82, 2.24) is 10.0 Å². The van der Waals surface area contributed by atoms with E-state index < -0.39 is 10.0 Å². The van der Waals surface area contributed by atoms with E-state index in [1.54, 1.807) is 18.2 Å². The zero-order valence-electron chi connectivity index (χ0n) is 12.3. The lowest BCUT2D eigenvalue weighted by Crippen LogP contribution is -2.29. The van der Waals surface area contributed by atoms with Crippen molar-refractivity contribution >= 4 is 10.0 Å². The molecule has 2 rings (SSSR count). The molecule has 112 valence electrons. The van der Waals surface area contributed by atoms with Gasteiger partial charge in [-0.05, 0) is 48.9 Å². The molecule has 1 fully saturated rings. The van der Waals surface area contributed by atoms with Crippen molar-refractivity contribution in [3.05, 3.63) is 29.8 Å². The highest BCUT2D eigenvalue weighted by Gasteiger charge is 2.38. The molecule has 4 nitrogen and oxygen atoms in total. The topological polar surface area (TPSA) is 58.2 Å². The summed E-state index contributed by atoms with van der Waals surface area (Å²) in [5, 5.41) is 3.28. The van der Waals surface area contributed by atoms with Gasteiger partial charge in [-0.2, -0.15) is 0 Å². The third-order valence-electron chi connectivity index (χ3n) is 3.76. The summed E-state index contributed by atoms with van der Waals surface area (Å²) in [5.74, 6) is 0. The van der Waals surface area contributed by atoms with Crippen molar-refractivity contribution in [3.63, 3.8) is 0 Å². The first-order valence-corrected chi connectivity index (χ1v) is 8.73. The van der Waals surface area contributed by atoms with Crippen LogP contribution in [0.15, 0.2) is 29.2 Å². The molecule has 1 aliphatic carbocycles. The zero-order valence-corrected chi connectivity index (χ0v) is 13.1. The van der Waals surface area contributed by atoms with Gasteiger partial charge < -0.3 is 5.32 Å². The molecule has 1 saturated carbocycles. The van der Waals surface area contributed by atoms with E-state index in [0.717, 1.165) is 31.4 Å². The van der Waals surface area contributed by atoms with Gasteiger partial charge in [-0.3, -0.25) is 0 Å². The number of benzene rings is 1. The summed E-state index contributed by atoms with van der Waals surface area (Å²) < 4.78 is 27.2. The van der Waals surface area contributed by atoms with Crippen LogP contribution in [0.25, 0.3) is 0 Å². The maximum atomic E-state index is 12.3. The van der Waals surface area contributed by atoms with Crippen LogP contribution in [-0.4, -0.2) is 21.5 Å². The summed E-state index contributed by atoms with van der Waals surface area (Å²) in [4.78, 5) is 0.359. The van der Waals surface area contributed by atoms with Crippen LogP contribution in [0.3, 0.4) is 0 Å². The van der Waals surface area contributed by atoms with E-state index >= 15 is 0 Å². The molecular formula is C15H24N2O2S. The molecule has 5 heteroatoms. The van der Waals surface area contributed by atoms with Gasteiger partial charge in [0.25, 0.3) is 0 Å². The Morgan fingerprint density at radius 2 is 2.05 bits per heavy atom. The molecule has 20 heavy (non-hydrogen) atoms. The Hall–Kier alpha value is -0.910. The number of nitrogens with one attached hydrogen (secondary N) is 2. The second-order valence-electron chi connectivity index (χ2n) is 5.96. The SMILES string of the molecule is CCCNCc1cccc(S(=O)(=O)NCC2(C)CC2)c1. The Kier molecular flexibility index (Phi) is 4.83. The molecule has 0 spiro atoms. The summed E-state index contributed by atoms with van der Waals surface area (Å²) >= 11 is 0. The summed E-state index contributed by atoms with van der Waals surface area (Å²) in [6.07, 6.45) is 3.28. The lowest BCUT2D eigenvalue weighted by Gasteiger charge is -2.12. The standard InChI is InChI=1S/C15H24N2O2S/c1-3-9-16-11-13-5-4-6-14(10-13)20(18,19)17-12-15(2)7-8-15/h4-6,10,16-17H,3,7-9,11-12H2,1-2H3. The van der Waals surface area contributed by atoms with E-state index in [9.17, 15) is 8.42 Å². The van der Waals surface area contributed by atoms with Gasteiger partial charge in [-0.15, -0.1) is 0 Å². The number of sulfonamides is 1. The van der Waals surface area contributed by atoms with Crippen molar-refractivity contribution in [2.24, 2.45) is 5.41 Å². The van der Waals surface area contributed by atoms with E-state index in [2.05, 4.69) is 23.9 Å². The fourth-order valence-electron chi connectivity index (χ4n) is 1.97. The molecule has 0 bridgehead atoms. The molecule has 1 aliphatic rings. The van der Waals surface area contributed by atoms with Crippen molar-refractivity contribution in [3.8, 4) is 0 Å². The molecule has 1 aromatic carbocycles. The Morgan fingerprint density at radius 3 is 2.70 bits per heavy atom. The maximum absolute atomic E-state index is 12.3. The maximum Gasteiger partial charge on any atom is 0.240 e. The zero-order chi connectivity index (χ0) is 14.6. The quantitative estimate of drug-likeness (QED) is 0.724. The van der Waals surface area contributed by atoms with Gasteiger partial charge in [0, 0.05) is 13.1 Å². The smallest absolute Gasteiger partial charge is 0.240 e. The fourth-order valence-corrected chi connectivity index (χ4v) is 3.24. The molecule has 2 N–H and O–H groups in total. The molecule has 0 saturated heterocycles. The molecule has 0 amide bonds. The first-order chi connectivity index (χ1) is 9.45. The minimum atomic E-state index is -3.38. The third kappa shape index (κ3) is 4.30. The van der Waals surface area contributed by atoms with Crippen LogP contribution in [0.1, 0.15) is 38.7 Å². The highest BCUT2D eigenvalue weighted by atomic mass is 32.2. The van der Waals surface area contributed by atoms with Gasteiger partial charge in [-0.25, -0.2) is 13.1 Å². The monoisotopic (exact) mass is 296 g/mol. The van der Waals surface area contributed by atoms with Crippen molar-refractivity contribution in [2.45, 2.75) is 44.6 Å². The summed E-state index contributed by atoms with van der Waals surface area (Å²) in [6, 6.07) is 7.15. The Bertz CT molecular complexity index is 551. The Balaban J connectivity index is 2.00. The average Bonchev–Trinajstić information content (AvgIpc) is 3.16. The van der Waals surface area contributed by atoms with Crippen LogP contribution in [0.5, 0.6) is 0 Å². The predicted octanol–water partition coefficient (Wildman–Crippen LogP) is 2.26. The van der Waals surface area contributed by atoms with E-state index in [1.165, 1.54) is 0 Å². The fraction of sp³-hybridized carbons (Fsp3) is 0.600. The molecule has 0 aliphatic heterocycles. The van der Waals surface area contributed by atoms with E-state index in [1.807, 2.05) is 6.07 Å².